The van der Waals surface area contributed by atoms with Crippen LogP contribution in [0.1, 0.15) is 33.6 Å². The SMILES string of the molecule is CCC(C)=C(C)CCN. The Bertz CT molecular complexity index is 103. The van der Waals surface area contributed by atoms with Crippen molar-refractivity contribution in [3.05, 3.63) is 11.1 Å². The van der Waals surface area contributed by atoms with Crippen molar-refractivity contribution in [3.8, 4) is 0 Å². The summed E-state index contributed by atoms with van der Waals surface area (Å²) in [5.41, 5.74) is 8.33. The van der Waals surface area contributed by atoms with Crippen molar-refractivity contribution in [2.45, 2.75) is 33.6 Å². The van der Waals surface area contributed by atoms with Gasteiger partial charge in [-0.3, -0.25) is 0 Å². The Kier molecular flexibility index (Phi) is 4.41. The maximum atomic E-state index is 5.39. The summed E-state index contributed by atoms with van der Waals surface area (Å²) in [5.74, 6) is 0. The Balaban J connectivity index is 3.78. The van der Waals surface area contributed by atoms with Crippen LogP contribution in [0.5, 0.6) is 0 Å². The van der Waals surface area contributed by atoms with Gasteiger partial charge in [0.25, 0.3) is 0 Å². The molecule has 0 fully saturated rings. The van der Waals surface area contributed by atoms with E-state index in [2.05, 4.69) is 20.8 Å². The van der Waals surface area contributed by atoms with E-state index >= 15 is 0 Å². The topological polar surface area (TPSA) is 26.0 Å². The van der Waals surface area contributed by atoms with Crippen molar-refractivity contribution >= 4 is 0 Å². The molecule has 0 aliphatic heterocycles. The van der Waals surface area contributed by atoms with Gasteiger partial charge < -0.3 is 5.73 Å². The minimum absolute atomic E-state index is 0.781. The van der Waals surface area contributed by atoms with Gasteiger partial charge in [0.05, 0.1) is 0 Å². The Labute approximate surface area is 57.9 Å². The van der Waals surface area contributed by atoms with Gasteiger partial charge in [-0.25, -0.2) is 0 Å². The lowest BCUT2D eigenvalue weighted by Gasteiger charge is -2.02. The van der Waals surface area contributed by atoms with Crippen LogP contribution in [0.2, 0.25) is 0 Å². The van der Waals surface area contributed by atoms with E-state index in [0.29, 0.717) is 0 Å². The van der Waals surface area contributed by atoms with E-state index in [1.165, 1.54) is 11.1 Å². The molecule has 0 aromatic rings. The molecule has 9 heavy (non-hydrogen) atoms. The number of allylic oxidation sites excluding steroid dienone is 1. The molecule has 0 aromatic carbocycles. The fourth-order valence-electron chi connectivity index (χ4n) is 0.732. The molecule has 0 aliphatic rings. The van der Waals surface area contributed by atoms with Crippen LogP contribution in [-0.2, 0) is 0 Å². The van der Waals surface area contributed by atoms with Crippen molar-refractivity contribution in [2.24, 2.45) is 5.73 Å². The van der Waals surface area contributed by atoms with Crippen LogP contribution in [0.4, 0.5) is 0 Å². The molecular formula is C8H17N. The molecule has 0 amide bonds. The first-order valence-electron chi connectivity index (χ1n) is 3.57. The van der Waals surface area contributed by atoms with Crippen molar-refractivity contribution in [1.82, 2.24) is 0 Å². The van der Waals surface area contributed by atoms with E-state index in [1.54, 1.807) is 0 Å². The maximum Gasteiger partial charge on any atom is -0.00400 e. The zero-order valence-electron chi connectivity index (χ0n) is 6.70. The van der Waals surface area contributed by atoms with E-state index in [-0.39, 0.29) is 0 Å². The minimum atomic E-state index is 0.781. The smallest absolute Gasteiger partial charge is 0.00400 e. The first kappa shape index (κ1) is 8.70. The Morgan fingerprint density at radius 2 is 1.78 bits per heavy atom. The summed E-state index contributed by atoms with van der Waals surface area (Å²) < 4.78 is 0. The highest BCUT2D eigenvalue weighted by molar-refractivity contribution is 5.08. The molecule has 54 valence electrons. The van der Waals surface area contributed by atoms with Crippen molar-refractivity contribution in [1.29, 1.82) is 0 Å². The molecular weight excluding hydrogens is 110 g/mol. The summed E-state index contributed by atoms with van der Waals surface area (Å²) in [6, 6.07) is 0. The van der Waals surface area contributed by atoms with Crippen LogP contribution in [0, 0.1) is 0 Å². The van der Waals surface area contributed by atoms with E-state index in [0.717, 1.165) is 19.4 Å². The first-order valence-corrected chi connectivity index (χ1v) is 3.57. The molecule has 1 nitrogen and oxygen atoms in total. The molecule has 0 rings (SSSR count). The molecule has 2 N–H and O–H groups in total. The Morgan fingerprint density at radius 1 is 1.22 bits per heavy atom. The highest BCUT2D eigenvalue weighted by Gasteiger charge is 1.91. The standard InChI is InChI=1S/C8H17N/c1-4-7(2)8(3)5-6-9/h4-6,9H2,1-3H3. The van der Waals surface area contributed by atoms with Gasteiger partial charge in [-0.05, 0) is 33.2 Å². The quantitative estimate of drug-likeness (QED) is 0.577. The molecule has 0 bridgehead atoms. The number of nitrogens with two attached hydrogens (primary N) is 1. The van der Waals surface area contributed by atoms with Gasteiger partial charge in [-0.1, -0.05) is 18.1 Å². The minimum Gasteiger partial charge on any atom is -0.330 e. The number of hydrogen-bond donors (Lipinski definition) is 1. The number of hydrogen-bond acceptors (Lipinski definition) is 1. The van der Waals surface area contributed by atoms with E-state index in [4.69, 9.17) is 5.73 Å². The summed E-state index contributed by atoms with van der Waals surface area (Å²) in [6.07, 6.45) is 2.21. The monoisotopic (exact) mass is 127 g/mol. The molecule has 0 saturated carbocycles. The second kappa shape index (κ2) is 4.57. The van der Waals surface area contributed by atoms with Crippen molar-refractivity contribution in [3.63, 3.8) is 0 Å². The summed E-state index contributed by atoms with van der Waals surface area (Å²) in [7, 11) is 0. The highest BCUT2D eigenvalue weighted by atomic mass is 14.5. The predicted molar refractivity (Wildman–Crippen MR) is 42.3 cm³/mol. The third kappa shape index (κ3) is 3.31. The molecule has 0 radical (unpaired) electrons. The zero-order chi connectivity index (χ0) is 7.28. The lowest BCUT2D eigenvalue weighted by molar-refractivity contribution is 0.909. The zero-order valence-corrected chi connectivity index (χ0v) is 6.70. The molecule has 1 heteroatoms. The van der Waals surface area contributed by atoms with Gasteiger partial charge >= 0.3 is 0 Å². The molecule has 0 unspecified atom stereocenters. The van der Waals surface area contributed by atoms with Gasteiger partial charge in [-0.2, -0.15) is 0 Å². The first-order chi connectivity index (χ1) is 4.22. The predicted octanol–water partition coefficient (Wildman–Crippen LogP) is 2.08. The van der Waals surface area contributed by atoms with Gasteiger partial charge in [0.15, 0.2) is 0 Å². The molecule has 0 aromatic heterocycles. The van der Waals surface area contributed by atoms with Gasteiger partial charge in [0, 0.05) is 0 Å². The molecule has 0 heterocycles. The highest BCUT2D eigenvalue weighted by Crippen LogP contribution is 2.09. The van der Waals surface area contributed by atoms with Crippen LogP contribution in [-0.4, -0.2) is 6.54 Å². The van der Waals surface area contributed by atoms with E-state index in [1.807, 2.05) is 0 Å². The van der Waals surface area contributed by atoms with Crippen LogP contribution in [0.25, 0.3) is 0 Å². The van der Waals surface area contributed by atoms with Crippen LogP contribution >= 0.6 is 0 Å². The third-order valence-corrected chi connectivity index (χ3v) is 1.78. The van der Waals surface area contributed by atoms with Crippen LogP contribution in [0.15, 0.2) is 11.1 Å². The van der Waals surface area contributed by atoms with Crippen LogP contribution < -0.4 is 5.73 Å². The second-order valence-corrected chi connectivity index (χ2v) is 2.45. The average Bonchev–Trinajstić information content (AvgIpc) is 1.87. The van der Waals surface area contributed by atoms with Crippen LogP contribution in [0.3, 0.4) is 0 Å². The number of rotatable bonds is 3. The van der Waals surface area contributed by atoms with E-state index < -0.39 is 0 Å². The van der Waals surface area contributed by atoms with Crippen molar-refractivity contribution < 1.29 is 0 Å². The van der Waals surface area contributed by atoms with Gasteiger partial charge in [0.1, 0.15) is 0 Å². The molecule has 0 aliphatic carbocycles. The maximum absolute atomic E-state index is 5.39. The summed E-state index contributed by atoms with van der Waals surface area (Å²) in [6.45, 7) is 7.29. The largest absolute Gasteiger partial charge is 0.330 e. The Hall–Kier alpha value is -0.300. The summed E-state index contributed by atoms with van der Waals surface area (Å²) in [4.78, 5) is 0. The summed E-state index contributed by atoms with van der Waals surface area (Å²) in [5, 5.41) is 0. The lowest BCUT2D eigenvalue weighted by Crippen LogP contribution is -1.99. The summed E-state index contributed by atoms with van der Waals surface area (Å²) >= 11 is 0. The normalized spacial score (nSPS) is 13.3. The molecule has 0 spiro atoms. The average molecular weight is 127 g/mol. The van der Waals surface area contributed by atoms with Gasteiger partial charge in [-0.15, -0.1) is 0 Å². The molecule has 0 saturated heterocycles. The van der Waals surface area contributed by atoms with Gasteiger partial charge in [0.2, 0.25) is 0 Å². The second-order valence-electron chi connectivity index (χ2n) is 2.45. The fraction of sp³-hybridized carbons (Fsp3) is 0.750. The third-order valence-electron chi connectivity index (χ3n) is 1.78. The fourth-order valence-corrected chi connectivity index (χ4v) is 0.732. The Morgan fingerprint density at radius 3 is 2.11 bits per heavy atom. The van der Waals surface area contributed by atoms with E-state index in [9.17, 15) is 0 Å². The molecule has 0 atom stereocenters. The van der Waals surface area contributed by atoms with Crippen molar-refractivity contribution in [2.75, 3.05) is 6.54 Å². The lowest BCUT2D eigenvalue weighted by atomic mass is 10.1.